The molecule has 7 heteroatoms. The first kappa shape index (κ1) is 17.2. The Morgan fingerprint density at radius 1 is 1.07 bits per heavy atom. The van der Waals surface area contributed by atoms with Crippen molar-refractivity contribution < 1.29 is 4.79 Å². The van der Waals surface area contributed by atoms with Crippen molar-refractivity contribution in [3.63, 3.8) is 0 Å². The van der Waals surface area contributed by atoms with E-state index in [1.54, 1.807) is 16.2 Å². The van der Waals surface area contributed by atoms with Gasteiger partial charge in [0.1, 0.15) is 0 Å². The summed E-state index contributed by atoms with van der Waals surface area (Å²) in [6, 6.07) is 17.4. The Hall–Kier alpha value is -3.19. The molecule has 2 aromatic heterocycles. The summed E-state index contributed by atoms with van der Waals surface area (Å²) in [6.07, 6.45) is 0.203. The number of aryl methyl sites for hydroxylation is 2. The summed E-state index contributed by atoms with van der Waals surface area (Å²) in [5.41, 5.74) is 3.41. The van der Waals surface area contributed by atoms with Gasteiger partial charge in [-0.05, 0) is 12.1 Å². The highest BCUT2D eigenvalue weighted by Gasteiger charge is 2.12. The van der Waals surface area contributed by atoms with Crippen molar-refractivity contribution in [2.45, 2.75) is 13.0 Å². The summed E-state index contributed by atoms with van der Waals surface area (Å²) in [7, 11) is 1.74. The maximum Gasteiger partial charge on any atom is 0.328 e. The molecule has 136 valence electrons. The van der Waals surface area contributed by atoms with E-state index in [2.05, 4.69) is 10.3 Å². The van der Waals surface area contributed by atoms with Crippen LogP contribution < -0.4 is 11.0 Å². The molecule has 1 amide bonds. The van der Waals surface area contributed by atoms with Gasteiger partial charge in [-0.1, -0.05) is 42.5 Å². The fourth-order valence-corrected chi connectivity index (χ4v) is 3.78. The topological polar surface area (TPSA) is 68.9 Å². The molecule has 0 aliphatic rings. The van der Waals surface area contributed by atoms with Gasteiger partial charge in [0, 0.05) is 31.0 Å². The second kappa shape index (κ2) is 7.20. The van der Waals surface area contributed by atoms with Crippen LogP contribution in [0.3, 0.4) is 0 Å². The molecule has 0 fully saturated rings. The summed E-state index contributed by atoms with van der Waals surface area (Å²) in [5, 5.41) is 5.30. The van der Waals surface area contributed by atoms with E-state index in [1.165, 1.54) is 11.3 Å². The van der Waals surface area contributed by atoms with Crippen molar-refractivity contribution >= 4 is 33.4 Å². The fourth-order valence-electron chi connectivity index (χ4n) is 3.05. The summed E-state index contributed by atoms with van der Waals surface area (Å²) in [4.78, 5) is 29.2. The molecule has 2 heterocycles. The van der Waals surface area contributed by atoms with Crippen LogP contribution in [0.15, 0.2) is 64.8 Å². The van der Waals surface area contributed by atoms with Gasteiger partial charge in [0.25, 0.3) is 0 Å². The highest BCUT2D eigenvalue weighted by molar-refractivity contribution is 7.14. The molecule has 0 aliphatic carbocycles. The predicted octanol–water partition coefficient (Wildman–Crippen LogP) is 3.49. The van der Waals surface area contributed by atoms with E-state index >= 15 is 0 Å². The number of hydrogen-bond donors (Lipinski definition) is 1. The van der Waals surface area contributed by atoms with E-state index in [4.69, 9.17) is 0 Å². The number of fused-ring (bicyclic) bond motifs is 1. The third-order valence-electron chi connectivity index (χ3n) is 4.43. The van der Waals surface area contributed by atoms with Gasteiger partial charge >= 0.3 is 5.69 Å². The van der Waals surface area contributed by atoms with Gasteiger partial charge in [-0.15, -0.1) is 11.3 Å². The monoisotopic (exact) mass is 378 g/mol. The van der Waals surface area contributed by atoms with Crippen molar-refractivity contribution in [1.82, 2.24) is 14.1 Å². The maximum absolute atomic E-state index is 12.4. The number of rotatable bonds is 5. The first-order valence-electron chi connectivity index (χ1n) is 8.58. The van der Waals surface area contributed by atoms with E-state index in [0.717, 1.165) is 22.3 Å². The summed E-state index contributed by atoms with van der Waals surface area (Å²) < 4.78 is 3.23. The normalized spacial score (nSPS) is 11.0. The van der Waals surface area contributed by atoms with E-state index in [0.29, 0.717) is 11.7 Å². The zero-order valence-electron chi connectivity index (χ0n) is 14.8. The predicted molar refractivity (Wildman–Crippen MR) is 108 cm³/mol. The van der Waals surface area contributed by atoms with Crippen LogP contribution >= 0.6 is 11.3 Å². The number of anilines is 1. The minimum Gasteiger partial charge on any atom is -0.302 e. The van der Waals surface area contributed by atoms with Crippen molar-refractivity contribution in [1.29, 1.82) is 0 Å². The molecule has 1 N–H and O–H groups in total. The zero-order valence-corrected chi connectivity index (χ0v) is 15.6. The van der Waals surface area contributed by atoms with Gasteiger partial charge in [-0.2, -0.15) is 0 Å². The lowest BCUT2D eigenvalue weighted by Crippen LogP contribution is -2.24. The molecular formula is C20H18N4O2S. The van der Waals surface area contributed by atoms with Crippen LogP contribution in [0.2, 0.25) is 0 Å². The number of amides is 1. The number of para-hydroxylation sites is 2. The molecular weight excluding hydrogens is 360 g/mol. The molecule has 27 heavy (non-hydrogen) atoms. The molecule has 4 rings (SSSR count). The van der Waals surface area contributed by atoms with Crippen molar-refractivity contribution in [2.24, 2.45) is 7.05 Å². The maximum atomic E-state index is 12.4. The van der Waals surface area contributed by atoms with Gasteiger partial charge in [-0.25, -0.2) is 9.78 Å². The number of carbonyl (C=O) groups excluding carboxylic acids is 1. The second-order valence-corrected chi connectivity index (χ2v) is 7.04. The van der Waals surface area contributed by atoms with Gasteiger partial charge < -0.3 is 5.32 Å². The van der Waals surface area contributed by atoms with E-state index in [1.807, 2.05) is 60.0 Å². The minimum absolute atomic E-state index is 0.121. The van der Waals surface area contributed by atoms with E-state index < -0.39 is 0 Å². The largest absolute Gasteiger partial charge is 0.328 e. The third kappa shape index (κ3) is 3.41. The van der Waals surface area contributed by atoms with Gasteiger partial charge in [-0.3, -0.25) is 13.9 Å². The quantitative estimate of drug-likeness (QED) is 0.578. The van der Waals surface area contributed by atoms with Gasteiger partial charge in [0.15, 0.2) is 5.13 Å². The Morgan fingerprint density at radius 2 is 1.78 bits per heavy atom. The Balaban J connectivity index is 1.45. The number of nitrogens with zero attached hydrogens (tertiary/aromatic N) is 3. The number of aromatic nitrogens is 3. The highest BCUT2D eigenvalue weighted by Crippen LogP contribution is 2.24. The molecule has 0 aliphatic heterocycles. The lowest BCUT2D eigenvalue weighted by Gasteiger charge is -2.04. The van der Waals surface area contributed by atoms with Crippen LogP contribution in [0.1, 0.15) is 6.42 Å². The van der Waals surface area contributed by atoms with Crippen LogP contribution in [0.25, 0.3) is 22.3 Å². The molecule has 4 aromatic rings. The number of hydrogen-bond acceptors (Lipinski definition) is 4. The van der Waals surface area contributed by atoms with Crippen molar-refractivity contribution in [2.75, 3.05) is 5.32 Å². The summed E-state index contributed by atoms with van der Waals surface area (Å²) >= 11 is 1.39. The van der Waals surface area contributed by atoms with Crippen LogP contribution in [0.5, 0.6) is 0 Å². The Bertz CT molecular complexity index is 1160. The molecule has 0 saturated heterocycles. The van der Waals surface area contributed by atoms with E-state index in [-0.39, 0.29) is 18.0 Å². The number of carbonyl (C=O) groups is 1. The molecule has 0 atom stereocenters. The standard InChI is InChI=1S/C20H18N4O2S/c1-23-16-9-5-6-10-17(16)24(20(23)26)12-11-18(25)22-19-21-15(13-27-19)14-7-3-2-4-8-14/h2-10,13H,11-12H2,1H3,(H,21,22,25). The minimum atomic E-state index is -0.163. The summed E-state index contributed by atoms with van der Waals surface area (Å²) in [5.74, 6) is -0.163. The number of nitrogens with one attached hydrogen (secondary N) is 1. The first-order chi connectivity index (χ1) is 13.1. The molecule has 0 saturated carbocycles. The SMILES string of the molecule is Cn1c(=O)n(CCC(=O)Nc2nc(-c3ccccc3)cs2)c2ccccc21. The van der Waals surface area contributed by atoms with Gasteiger partial charge in [0.05, 0.1) is 16.7 Å². The average molecular weight is 378 g/mol. The van der Waals surface area contributed by atoms with Crippen molar-refractivity contribution in [3.8, 4) is 11.3 Å². The lowest BCUT2D eigenvalue weighted by molar-refractivity contribution is -0.116. The third-order valence-corrected chi connectivity index (χ3v) is 5.19. The second-order valence-electron chi connectivity index (χ2n) is 6.18. The number of benzene rings is 2. The number of thiazole rings is 1. The van der Waals surface area contributed by atoms with Crippen LogP contribution in [-0.4, -0.2) is 20.0 Å². The van der Waals surface area contributed by atoms with Crippen LogP contribution in [0, 0.1) is 0 Å². The average Bonchev–Trinajstić information content (AvgIpc) is 3.25. The molecule has 0 bridgehead atoms. The van der Waals surface area contributed by atoms with E-state index in [9.17, 15) is 9.59 Å². The molecule has 0 unspecified atom stereocenters. The zero-order chi connectivity index (χ0) is 18.8. The molecule has 6 nitrogen and oxygen atoms in total. The Kier molecular flexibility index (Phi) is 4.60. The molecule has 0 spiro atoms. The molecule has 2 aromatic carbocycles. The van der Waals surface area contributed by atoms with Crippen molar-refractivity contribution in [3.05, 3.63) is 70.5 Å². The smallest absolute Gasteiger partial charge is 0.302 e. The van der Waals surface area contributed by atoms with Crippen LogP contribution in [0.4, 0.5) is 5.13 Å². The fraction of sp³-hybridized carbons (Fsp3) is 0.150. The first-order valence-corrected chi connectivity index (χ1v) is 9.46. The molecule has 0 radical (unpaired) electrons. The summed E-state index contributed by atoms with van der Waals surface area (Å²) in [6.45, 7) is 0.322. The Labute approximate surface area is 159 Å². The van der Waals surface area contributed by atoms with Crippen LogP contribution in [-0.2, 0) is 18.4 Å². The highest BCUT2D eigenvalue weighted by atomic mass is 32.1. The lowest BCUT2D eigenvalue weighted by atomic mass is 10.2. The number of imidazole rings is 1. The Morgan fingerprint density at radius 3 is 2.56 bits per heavy atom. The van der Waals surface area contributed by atoms with Gasteiger partial charge in [0.2, 0.25) is 5.91 Å².